The summed E-state index contributed by atoms with van der Waals surface area (Å²) in [7, 11) is 0. The minimum atomic E-state index is -0.338. The molecule has 0 aliphatic carbocycles. The number of carbonyl (C=O) groups is 4. The van der Waals surface area contributed by atoms with E-state index >= 15 is 0 Å². The topological polar surface area (TPSA) is 148 Å². The molecule has 0 radical (unpaired) electrons. The molecule has 4 amide bonds. The highest BCUT2D eigenvalue weighted by molar-refractivity contribution is 6.31. The molecule has 0 unspecified atom stereocenters. The van der Waals surface area contributed by atoms with Crippen LogP contribution in [0.3, 0.4) is 0 Å². The fraction of sp³-hybridized carbons (Fsp3) is 0.400. The van der Waals surface area contributed by atoms with Crippen molar-refractivity contribution in [3.8, 4) is 0 Å². The van der Waals surface area contributed by atoms with Crippen LogP contribution in [-0.2, 0) is 19.1 Å². The van der Waals surface area contributed by atoms with E-state index < -0.39 is 0 Å². The Hall–Kier alpha value is -6.72. The molecule has 16 heteroatoms. The van der Waals surface area contributed by atoms with E-state index in [1.165, 1.54) is 16.7 Å². The zero-order valence-corrected chi connectivity index (χ0v) is 50.9. The zero-order valence-electron chi connectivity index (χ0n) is 49.4. The van der Waals surface area contributed by atoms with Crippen LogP contribution in [0.15, 0.2) is 164 Å². The molecule has 4 saturated heterocycles. The van der Waals surface area contributed by atoms with Gasteiger partial charge >= 0.3 is 0 Å². The van der Waals surface area contributed by atoms with Gasteiger partial charge in [-0.2, -0.15) is 0 Å². The Bertz CT molecular complexity index is 3290. The van der Waals surface area contributed by atoms with Crippen LogP contribution in [0.4, 0.5) is 0 Å². The molecule has 0 saturated carbocycles. The first-order chi connectivity index (χ1) is 42.0. The second-order valence-electron chi connectivity index (χ2n) is 23.2. The predicted molar refractivity (Wildman–Crippen MR) is 344 cm³/mol. The molecule has 86 heavy (non-hydrogen) atoms. The van der Waals surface area contributed by atoms with Gasteiger partial charge in [0.2, 0.25) is 11.8 Å². The molecule has 0 bridgehead atoms. The Morgan fingerprint density at radius 1 is 0.512 bits per heavy atom. The van der Waals surface area contributed by atoms with Crippen LogP contribution in [0.2, 0.25) is 10.0 Å². The number of nitrogens with one attached hydrogen (secondary N) is 4. The molecule has 4 aliphatic heterocycles. The van der Waals surface area contributed by atoms with Gasteiger partial charge in [-0.15, -0.1) is 0 Å². The van der Waals surface area contributed by atoms with Crippen molar-refractivity contribution >= 4 is 68.4 Å². The number of ether oxygens (including phenoxy) is 2. The van der Waals surface area contributed by atoms with Crippen molar-refractivity contribution in [3.63, 3.8) is 0 Å². The van der Waals surface area contributed by atoms with Gasteiger partial charge < -0.3 is 40.5 Å². The summed E-state index contributed by atoms with van der Waals surface area (Å²) in [5.74, 6) is 0.404. The molecule has 5 atom stereocenters. The molecule has 4 N–H and O–H groups in total. The summed E-state index contributed by atoms with van der Waals surface area (Å²) in [5.41, 5.74) is 4.88. The normalized spacial score (nSPS) is 20.2. The number of amides is 4. The van der Waals surface area contributed by atoms with Crippen molar-refractivity contribution in [1.82, 2.24) is 40.9 Å². The molecule has 4 fully saturated rings. The maximum absolute atomic E-state index is 14.2. The standard InChI is InChI=1S/C37H41ClN4O3.C33H41ClN4O3/c38-32-14-13-29-23-31(12-11-30(29)24-32)36(43)39-25-33-15-18-42(37(44)35(40-33)16-17-41-19-21-45-22-20-41)26-34(27-7-3-1-4-8-27)28-9-5-2-6-10-28;1-2-24(25-6-4-3-5-7-25)23-38-15-12-30(36-31(33(38)40)13-14-37-16-18-41-19-17-37)22-35-32(39)28-9-8-27-21-29(34)11-10-26(27)20-28/h1-14,23-24,33-35,40H,15-22,25-26H2,(H,39,43);3-11,20-21,24,30-31,36H,2,12-19,22-23H2,1H3,(H,35,39)/t33-,35-;24-,30+,31+/m01/s1. The number of hydrogen-bond acceptors (Lipinski definition) is 10. The summed E-state index contributed by atoms with van der Waals surface area (Å²) in [4.78, 5) is 63.2. The highest BCUT2D eigenvalue weighted by Gasteiger charge is 2.35. The lowest BCUT2D eigenvalue weighted by molar-refractivity contribution is -0.134. The van der Waals surface area contributed by atoms with E-state index in [0.717, 1.165) is 113 Å². The lowest BCUT2D eigenvalue weighted by atomic mass is 9.90. The van der Waals surface area contributed by atoms with Gasteiger partial charge in [0.1, 0.15) is 0 Å². The number of hydrogen-bond donors (Lipinski definition) is 4. The minimum absolute atomic E-state index is 0.00125. The maximum atomic E-state index is 14.2. The molecule has 4 aliphatic rings. The average Bonchev–Trinajstić information content (AvgIpc) is 3.95. The smallest absolute Gasteiger partial charge is 0.251 e. The Balaban J connectivity index is 0.000000192. The van der Waals surface area contributed by atoms with Crippen LogP contribution in [0, 0.1) is 0 Å². The van der Waals surface area contributed by atoms with E-state index in [-0.39, 0.29) is 53.7 Å². The van der Waals surface area contributed by atoms with E-state index in [2.05, 4.69) is 116 Å². The van der Waals surface area contributed by atoms with Crippen molar-refractivity contribution in [2.75, 3.05) is 105 Å². The molecule has 4 heterocycles. The van der Waals surface area contributed by atoms with Crippen molar-refractivity contribution in [1.29, 1.82) is 0 Å². The fourth-order valence-corrected chi connectivity index (χ4v) is 12.7. The first kappa shape index (κ1) is 62.3. The van der Waals surface area contributed by atoms with Crippen LogP contribution >= 0.6 is 23.2 Å². The minimum Gasteiger partial charge on any atom is -0.379 e. The lowest BCUT2D eigenvalue weighted by Gasteiger charge is -2.31. The van der Waals surface area contributed by atoms with Gasteiger partial charge in [0, 0.05) is 124 Å². The molecule has 11 rings (SSSR count). The van der Waals surface area contributed by atoms with E-state index in [9.17, 15) is 19.2 Å². The van der Waals surface area contributed by atoms with Gasteiger partial charge in [0.05, 0.1) is 38.5 Å². The largest absolute Gasteiger partial charge is 0.379 e. The monoisotopic (exact) mass is 1200 g/mol. The molecular weight excluding hydrogens is 1120 g/mol. The summed E-state index contributed by atoms with van der Waals surface area (Å²) in [6.45, 7) is 13.8. The second-order valence-corrected chi connectivity index (χ2v) is 24.1. The van der Waals surface area contributed by atoms with Crippen LogP contribution < -0.4 is 21.3 Å². The van der Waals surface area contributed by atoms with Crippen LogP contribution in [-0.4, -0.2) is 172 Å². The lowest BCUT2D eigenvalue weighted by Crippen LogP contribution is -2.50. The van der Waals surface area contributed by atoms with Crippen molar-refractivity contribution in [2.24, 2.45) is 0 Å². The van der Waals surface area contributed by atoms with Crippen molar-refractivity contribution in [2.45, 2.75) is 75.0 Å². The van der Waals surface area contributed by atoms with Crippen LogP contribution in [0.25, 0.3) is 21.5 Å². The number of fused-ring (bicyclic) bond motifs is 2. The number of carbonyl (C=O) groups excluding carboxylic acids is 4. The molecule has 7 aromatic carbocycles. The second kappa shape index (κ2) is 31.3. The first-order valence-corrected chi connectivity index (χ1v) is 31.6. The van der Waals surface area contributed by atoms with E-state index in [0.29, 0.717) is 72.8 Å². The van der Waals surface area contributed by atoms with Crippen molar-refractivity contribution in [3.05, 3.63) is 202 Å². The molecule has 7 aromatic rings. The summed E-state index contributed by atoms with van der Waals surface area (Å²) < 4.78 is 11.0. The third kappa shape index (κ3) is 17.3. The molecular formula is C70H82Cl2N8O6. The number of morpholine rings is 2. The van der Waals surface area contributed by atoms with Crippen LogP contribution in [0.5, 0.6) is 0 Å². The van der Waals surface area contributed by atoms with E-state index in [1.807, 2.05) is 95.9 Å². The average molecular weight is 1200 g/mol. The number of halogens is 2. The Morgan fingerprint density at radius 2 is 0.907 bits per heavy atom. The van der Waals surface area contributed by atoms with Gasteiger partial charge in [-0.05, 0) is 119 Å². The maximum Gasteiger partial charge on any atom is 0.251 e. The molecule has 14 nitrogen and oxygen atoms in total. The SMILES string of the molecule is CC[C@H](CN1CC[C@@H](CNC(=O)c2ccc3cc(Cl)ccc3c2)N[C@@H](CCN2CCOCC2)C1=O)c1ccccc1.O=C(NC[C@@H]1CCN(CC(c2ccccc2)c2ccccc2)C(=O)[C@H](CCN2CCOCC2)N1)c1ccc2cc(Cl)ccc2c1. The summed E-state index contributed by atoms with van der Waals surface area (Å²) in [6.07, 6.45) is 3.93. The fourth-order valence-electron chi connectivity index (χ4n) is 12.3. The molecule has 0 aromatic heterocycles. The summed E-state index contributed by atoms with van der Waals surface area (Å²) in [6, 6.07) is 53.3. The Labute approximate surface area is 516 Å². The van der Waals surface area contributed by atoms with E-state index in [4.69, 9.17) is 32.7 Å². The summed E-state index contributed by atoms with van der Waals surface area (Å²) in [5, 5.41) is 18.8. The van der Waals surface area contributed by atoms with Gasteiger partial charge in [-0.25, -0.2) is 0 Å². The third-order valence-electron chi connectivity index (χ3n) is 17.4. The quantitative estimate of drug-likeness (QED) is 0.0582. The number of benzene rings is 7. The first-order valence-electron chi connectivity index (χ1n) is 30.8. The highest BCUT2D eigenvalue weighted by Crippen LogP contribution is 2.29. The van der Waals surface area contributed by atoms with Gasteiger partial charge in [-0.3, -0.25) is 29.0 Å². The highest BCUT2D eigenvalue weighted by atomic mass is 35.5. The number of rotatable bonds is 20. The van der Waals surface area contributed by atoms with E-state index in [1.54, 1.807) is 0 Å². The predicted octanol–water partition coefficient (Wildman–Crippen LogP) is 10.0. The molecule has 0 spiro atoms. The van der Waals surface area contributed by atoms with Gasteiger partial charge in [0.15, 0.2) is 0 Å². The third-order valence-corrected chi connectivity index (χ3v) is 17.9. The van der Waals surface area contributed by atoms with Crippen molar-refractivity contribution < 1.29 is 28.7 Å². The van der Waals surface area contributed by atoms with Crippen LogP contribution in [0.1, 0.15) is 88.3 Å². The molecule has 452 valence electrons. The number of nitrogens with zero attached hydrogens (tertiary/aromatic N) is 4. The Morgan fingerprint density at radius 3 is 1.34 bits per heavy atom. The van der Waals surface area contributed by atoms with Gasteiger partial charge in [-0.1, -0.05) is 145 Å². The Kier molecular flexibility index (Phi) is 22.7. The summed E-state index contributed by atoms with van der Waals surface area (Å²) >= 11 is 12.3. The zero-order chi connectivity index (χ0) is 59.6. The van der Waals surface area contributed by atoms with Gasteiger partial charge in [0.25, 0.3) is 11.8 Å².